The molecule has 0 aromatic carbocycles. The van der Waals surface area contributed by atoms with Crippen LogP contribution < -0.4 is 0 Å². The van der Waals surface area contributed by atoms with Gasteiger partial charge in [0.15, 0.2) is 0 Å². The molecule has 0 aliphatic heterocycles. The molecule has 0 radical (unpaired) electrons. The lowest BCUT2D eigenvalue weighted by molar-refractivity contribution is 0.389. The highest BCUT2D eigenvalue weighted by Crippen LogP contribution is 2.10. The third-order valence-corrected chi connectivity index (χ3v) is 2.96. The Morgan fingerprint density at radius 1 is 0.526 bits per heavy atom. The monoisotopic (exact) mass is 273 g/mol. The smallest absolute Gasteiger partial charge is 0.00248 e. The van der Waals surface area contributed by atoms with Crippen molar-refractivity contribution in [2.45, 2.75) is 98.8 Å². The van der Waals surface area contributed by atoms with E-state index in [1.54, 1.807) is 0 Å². The van der Waals surface area contributed by atoms with Crippen molar-refractivity contribution in [2.75, 3.05) is 20.6 Å². The Balaban J connectivity index is -0.000000579. The first-order valence-corrected chi connectivity index (χ1v) is 8.92. The predicted octanol–water partition coefficient (Wildman–Crippen LogP) is 6.52. The van der Waals surface area contributed by atoms with Gasteiger partial charge in [0.1, 0.15) is 0 Å². The Bertz CT molecular complexity index is 110. The largest absolute Gasteiger partial charge is 0.309 e. The van der Waals surface area contributed by atoms with Crippen LogP contribution >= 0.6 is 0 Å². The number of unbranched alkanes of at least 4 members (excludes halogenated alkanes) is 9. The zero-order valence-electron chi connectivity index (χ0n) is 15.2. The van der Waals surface area contributed by atoms with Gasteiger partial charge in [-0.1, -0.05) is 92.4 Å². The van der Waals surface area contributed by atoms with E-state index < -0.39 is 0 Å². The highest BCUT2D eigenvalue weighted by atomic mass is 15.0. The van der Waals surface area contributed by atoms with E-state index >= 15 is 0 Å². The van der Waals surface area contributed by atoms with Crippen molar-refractivity contribution in [3.8, 4) is 0 Å². The predicted molar refractivity (Wildman–Crippen MR) is 93.1 cm³/mol. The molecule has 0 spiro atoms. The highest BCUT2D eigenvalue weighted by Gasteiger charge is 1.93. The molecule has 0 aromatic heterocycles. The SMILES string of the molecule is CC.CC.CCCCCCCCCCCCN(C)C. The summed E-state index contributed by atoms with van der Waals surface area (Å²) in [4.78, 5) is 2.28. The molecule has 0 amide bonds. The minimum Gasteiger partial charge on any atom is -0.309 e. The third kappa shape index (κ3) is 32.0. The molecule has 0 aliphatic carbocycles. The van der Waals surface area contributed by atoms with Gasteiger partial charge < -0.3 is 4.90 Å². The zero-order chi connectivity index (χ0) is 15.4. The van der Waals surface area contributed by atoms with Crippen LogP contribution in [0.3, 0.4) is 0 Å². The van der Waals surface area contributed by atoms with E-state index in [1.807, 2.05) is 27.7 Å². The third-order valence-electron chi connectivity index (χ3n) is 2.96. The van der Waals surface area contributed by atoms with Gasteiger partial charge in [-0.05, 0) is 27.1 Å². The molecule has 0 rings (SSSR count). The van der Waals surface area contributed by atoms with Crippen LogP contribution in [0.15, 0.2) is 0 Å². The van der Waals surface area contributed by atoms with Gasteiger partial charge in [0, 0.05) is 0 Å². The lowest BCUT2D eigenvalue weighted by Crippen LogP contribution is -2.12. The van der Waals surface area contributed by atoms with Crippen LogP contribution in [0.2, 0.25) is 0 Å². The van der Waals surface area contributed by atoms with Gasteiger partial charge in [-0.15, -0.1) is 0 Å². The van der Waals surface area contributed by atoms with Crippen LogP contribution in [-0.4, -0.2) is 25.5 Å². The Hall–Kier alpha value is -0.0400. The molecule has 0 bridgehead atoms. The molecule has 0 N–H and O–H groups in total. The van der Waals surface area contributed by atoms with E-state index in [9.17, 15) is 0 Å². The minimum atomic E-state index is 1.26. The Kier molecular flexibility index (Phi) is 33.5. The van der Waals surface area contributed by atoms with Crippen LogP contribution in [0.1, 0.15) is 98.8 Å². The van der Waals surface area contributed by atoms with E-state index in [0.717, 1.165) is 0 Å². The van der Waals surface area contributed by atoms with Crippen LogP contribution in [-0.2, 0) is 0 Å². The maximum atomic E-state index is 2.28. The van der Waals surface area contributed by atoms with Gasteiger partial charge in [0.2, 0.25) is 0 Å². The van der Waals surface area contributed by atoms with Gasteiger partial charge in [0.05, 0.1) is 0 Å². The van der Waals surface area contributed by atoms with Crippen molar-refractivity contribution in [2.24, 2.45) is 0 Å². The second-order valence-corrected chi connectivity index (χ2v) is 4.99. The standard InChI is InChI=1S/C14H31N.2C2H6/c1-4-5-6-7-8-9-10-11-12-13-14-15(2)3;2*1-2/h4-14H2,1-3H3;2*1-2H3. The molecule has 1 heteroatoms. The highest BCUT2D eigenvalue weighted by molar-refractivity contribution is 4.49. The minimum absolute atomic E-state index is 1.26. The Labute approximate surface area is 125 Å². The van der Waals surface area contributed by atoms with Gasteiger partial charge in [-0.2, -0.15) is 0 Å². The van der Waals surface area contributed by atoms with Crippen LogP contribution in [0.25, 0.3) is 0 Å². The molecular weight excluding hydrogens is 230 g/mol. The second-order valence-electron chi connectivity index (χ2n) is 4.99. The fourth-order valence-corrected chi connectivity index (χ4v) is 1.92. The van der Waals surface area contributed by atoms with Gasteiger partial charge in [0.25, 0.3) is 0 Å². The number of hydrogen-bond acceptors (Lipinski definition) is 1. The molecule has 0 aliphatic rings. The summed E-state index contributed by atoms with van der Waals surface area (Å²) in [6.07, 6.45) is 14.4. The molecule has 0 heterocycles. The molecule has 1 nitrogen and oxygen atoms in total. The Morgan fingerprint density at radius 2 is 0.842 bits per heavy atom. The summed E-state index contributed by atoms with van der Waals surface area (Å²) in [7, 11) is 4.32. The van der Waals surface area contributed by atoms with Gasteiger partial charge in [-0.3, -0.25) is 0 Å². The second kappa shape index (κ2) is 26.5. The van der Waals surface area contributed by atoms with Crippen molar-refractivity contribution in [1.29, 1.82) is 0 Å². The average molecular weight is 274 g/mol. The molecule has 0 fully saturated rings. The first-order valence-electron chi connectivity index (χ1n) is 8.92. The molecule has 120 valence electrons. The fraction of sp³-hybridized carbons (Fsp3) is 1.00. The number of nitrogens with zero attached hydrogens (tertiary/aromatic N) is 1. The summed E-state index contributed by atoms with van der Waals surface area (Å²) in [5.41, 5.74) is 0. The van der Waals surface area contributed by atoms with Crippen molar-refractivity contribution >= 4 is 0 Å². The first-order chi connectivity index (χ1) is 9.27. The maximum Gasteiger partial charge on any atom is -0.00248 e. The molecule has 19 heavy (non-hydrogen) atoms. The van der Waals surface area contributed by atoms with Crippen molar-refractivity contribution in [3.63, 3.8) is 0 Å². The van der Waals surface area contributed by atoms with E-state index in [0.29, 0.717) is 0 Å². The normalized spacial score (nSPS) is 9.47. The first kappa shape index (κ1) is 24.0. The Morgan fingerprint density at radius 3 is 1.16 bits per heavy atom. The van der Waals surface area contributed by atoms with Crippen molar-refractivity contribution in [1.82, 2.24) is 4.90 Å². The van der Waals surface area contributed by atoms with E-state index in [2.05, 4.69) is 25.9 Å². The zero-order valence-corrected chi connectivity index (χ0v) is 15.2. The molecule has 0 saturated carbocycles. The van der Waals surface area contributed by atoms with Crippen LogP contribution in [0.4, 0.5) is 0 Å². The van der Waals surface area contributed by atoms with Gasteiger partial charge in [-0.25, -0.2) is 0 Å². The van der Waals surface area contributed by atoms with E-state index in [-0.39, 0.29) is 0 Å². The lowest BCUT2D eigenvalue weighted by Gasteiger charge is -2.08. The summed E-state index contributed by atoms with van der Waals surface area (Å²) < 4.78 is 0. The topological polar surface area (TPSA) is 3.24 Å². The summed E-state index contributed by atoms with van der Waals surface area (Å²) in [5, 5.41) is 0. The summed E-state index contributed by atoms with van der Waals surface area (Å²) in [6, 6.07) is 0. The maximum absolute atomic E-state index is 2.28. The summed E-state index contributed by atoms with van der Waals surface area (Å²) in [5.74, 6) is 0. The molecule has 0 atom stereocenters. The molecule has 0 unspecified atom stereocenters. The molecule has 0 saturated heterocycles. The number of rotatable bonds is 11. The fourth-order valence-electron chi connectivity index (χ4n) is 1.92. The quantitative estimate of drug-likeness (QED) is 0.387. The molecule has 0 aromatic rings. The van der Waals surface area contributed by atoms with E-state index in [4.69, 9.17) is 0 Å². The summed E-state index contributed by atoms with van der Waals surface area (Å²) >= 11 is 0. The van der Waals surface area contributed by atoms with Crippen LogP contribution in [0.5, 0.6) is 0 Å². The lowest BCUT2D eigenvalue weighted by atomic mass is 10.1. The average Bonchev–Trinajstić information content (AvgIpc) is 2.45. The van der Waals surface area contributed by atoms with E-state index in [1.165, 1.54) is 70.8 Å². The number of hydrogen-bond donors (Lipinski definition) is 0. The van der Waals surface area contributed by atoms with Crippen molar-refractivity contribution < 1.29 is 0 Å². The summed E-state index contributed by atoms with van der Waals surface area (Å²) in [6.45, 7) is 11.5. The van der Waals surface area contributed by atoms with Crippen LogP contribution in [0, 0.1) is 0 Å². The van der Waals surface area contributed by atoms with Gasteiger partial charge >= 0.3 is 0 Å². The molecular formula is C18H43N. The van der Waals surface area contributed by atoms with Crippen molar-refractivity contribution in [3.05, 3.63) is 0 Å².